The minimum atomic E-state index is 0.0771. The highest BCUT2D eigenvalue weighted by molar-refractivity contribution is 7.17. The van der Waals surface area contributed by atoms with E-state index in [1.165, 1.54) is 0 Å². The quantitative estimate of drug-likeness (QED) is 0.934. The molecule has 0 spiro atoms. The van der Waals surface area contributed by atoms with Crippen molar-refractivity contribution < 1.29 is 4.79 Å². The molecule has 4 rings (SSSR count). The summed E-state index contributed by atoms with van der Waals surface area (Å²) >= 11 is 1.57. The molecular formula is C15H19N5OS. The molecule has 0 radical (unpaired) electrons. The van der Waals surface area contributed by atoms with Crippen molar-refractivity contribution in [3.8, 4) is 5.13 Å². The van der Waals surface area contributed by atoms with Crippen molar-refractivity contribution in [2.24, 2.45) is 5.92 Å². The second kappa shape index (κ2) is 5.72. The van der Waals surface area contributed by atoms with Crippen LogP contribution in [0.4, 0.5) is 5.13 Å². The fourth-order valence-electron chi connectivity index (χ4n) is 2.81. The SMILES string of the molecule is O=C(NC1CC1)[C@H]1CCCN(c2nnc(-n3cccc3)s2)C1. The molecule has 1 atom stereocenters. The van der Waals surface area contributed by atoms with Crippen LogP contribution >= 0.6 is 11.3 Å². The van der Waals surface area contributed by atoms with Crippen molar-refractivity contribution in [2.45, 2.75) is 31.7 Å². The minimum absolute atomic E-state index is 0.0771. The van der Waals surface area contributed by atoms with Crippen LogP contribution in [0.25, 0.3) is 5.13 Å². The molecule has 1 aliphatic carbocycles. The van der Waals surface area contributed by atoms with E-state index in [0.717, 1.165) is 49.0 Å². The molecule has 1 saturated heterocycles. The van der Waals surface area contributed by atoms with Crippen molar-refractivity contribution in [3.05, 3.63) is 24.5 Å². The lowest BCUT2D eigenvalue weighted by Crippen LogP contribution is -2.43. The van der Waals surface area contributed by atoms with Gasteiger partial charge in [-0.1, -0.05) is 11.3 Å². The number of carbonyl (C=O) groups is 1. The van der Waals surface area contributed by atoms with Gasteiger partial charge in [-0.3, -0.25) is 9.36 Å². The van der Waals surface area contributed by atoms with Gasteiger partial charge >= 0.3 is 0 Å². The molecular weight excluding hydrogens is 298 g/mol. The third-order valence-electron chi connectivity index (χ3n) is 4.22. The summed E-state index contributed by atoms with van der Waals surface area (Å²) in [7, 11) is 0. The van der Waals surface area contributed by atoms with E-state index in [-0.39, 0.29) is 11.8 Å². The fraction of sp³-hybridized carbons (Fsp3) is 0.533. The third kappa shape index (κ3) is 2.85. The number of rotatable bonds is 4. The predicted molar refractivity (Wildman–Crippen MR) is 85.3 cm³/mol. The minimum Gasteiger partial charge on any atom is -0.353 e. The summed E-state index contributed by atoms with van der Waals surface area (Å²) in [5.74, 6) is 0.288. The first-order chi connectivity index (χ1) is 10.8. The van der Waals surface area contributed by atoms with Gasteiger partial charge in [0.15, 0.2) is 0 Å². The lowest BCUT2D eigenvalue weighted by molar-refractivity contribution is -0.125. The van der Waals surface area contributed by atoms with Crippen LogP contribution in [0.5, 0.6) is 0 Å². The Bertz CT molecular complexity index is 649. The maximum atomic E-state index is 12.2. The van der Waals surface area contributed by atoms with Gasteiger partial charge in [0.2, 0.25) is 16.2 Å². The average molecular weight is 317 g/mol. The smallest absolute Gasteiger partial charge is 0.225 e. The normalized spacial score (nSPS) is 21.8. The van der Waals surface area contributed by atoms with Crippen LogP contribution in [0.3, 0.4) is 0 Å². The van der Waals surface area contributed by atoms with Gasteiger partial charge in [-0.2, -0.15) is 0 Å². The molecule has 0 unspecified atom stereocenters. The molecule has 6 nitrogen and oxygen atoms in total. The Morgan fingerprint density at radius 1 is 1.18 bits per heavy atom. The predicted octanol–water partition coefficient (Wildman–Crippen LogP) is 1.82. The van der Waals surface area contributed by atoms with Gasteiger partial charge in [0.25, 0.3) is 0 Å². The molecule has 1 N–H and O–H groups in total. The molecule has 0 aromatic carbocycles. The van der Waals surface area contributed by atoms with Crippen LogP contribution in [-0.2, 0) is 4.79 Å². The van der Waals surface area contributed by atoms with Gasteiger partial charge in [0.05, 0.1) is 5.92 Å². The summed E-state index contributed by atoms with van der Waals surface area (Å²) in [5.41, 5.74) is 0. The molecule has 22 heavy (non-hydrogen) atoms. The molecule has 1 amide bonds. The second-order valence-corrected chi connectivity index (χ2v) is 6.96. The largest absolute Gasteiger partial charge is 0.353 e. The first kappa shape index (κ1) is 13.8. The van der Waals surface area contributed by atoms with Gasteiger partial charge in [-0.15, -0.1) is 10.2 Å². The van der Waals surface area contributed by atoms with Crippen LogP contribution < -0.4 is 10.2 Å². The molecule has 1 aliphatic heterocycles. The molecule has 0 bridgehead atoms. The molecule has 116 valence electrons. The Labute approximate surface area is 133 Å². The van der Waals surface area contributed by atoms with Crippen molar-refractivity contribution in [1.29, 1.82) is 0 Å². The van der Waals surface area contributed by atoms with E-state index in [1.807, 2.05) is 29.1 Å². The number of nitrogens with zero attached hydrogens (tertiary/aromatic N) is 4. The molecule has 1 saturated carbocycles. The van der Waals surface area contributed by atoms with Crippen molar-refractivity contribution in [2.75, 3.05) is 18.0 Å². The Morgan fingerprint density at radius 2 is 1.95 bits per heavy atom. The van der Waals surface area contributed by atoms with Gasteiger partial charge < -0.3 is 10.2 Å². The maximum Gasteiger partial charge on any atom is 0.225 e. The maximum absolute atomic E-state index is 12.2. The lowest BCUT2D eigenvalue weighted by atomic mass is 9.97. The fourth-order valence-corrected chi connectivity index (χ4v) is 3.66. The number of hydrogen-bond acceptors (Lipinski definition) is 5. The highest BCUT2D eigenvalue weighted by Gasteiger charge is 2.31. The Morgan fingerprint density at radius 3 is 2.73 bits per heavy atom. The zero-order valence-electron chi connectivity index (χ0n) is 12.3. The molecule has 2 fully saturated rings. The number of anilines is 1. The van der Waals surface area contributed by atoms with Gasteiger partial charge in [-0.25, -0.2) is 0 Å². The summed E-state index contributed by atoms with van der Waals surface area (Å²) < 4.78 is 1.96. The zero-order chi connectivity index (χ0) is 14.9. The van der Waals surface area contributed by atoms with Crippen LogP contribution in [0.15, 0.2) is 24.5 Å². The monoisotopic (exact) mass is 317 g/mol. The van der Waals surface area contributed by atoms with Crippen LogP contribution in [0, 0.1) is 5.92 Å². The van der Waals surface area contributed by atoms with Gasteiger partial charge in [-0.05, 0) is 37.8 Å². The summed E-state index contributed by atoms with van der Waals surface area (Å²) in [6.45, 7) is 1.70. The van der Waals surface area contributed by atoms with E-state index in [4.69, 9.17) is 0 Å². The van der Waals surface area contributed by atoms with Gasteiger partial charge in [0.1, 0.15) is 0 Å². The summed E-state index contributed by atoms with van der Waals surface area (Å²) in [6, 6.07) is 4.38. The van der Waals surface area contributed by atoms with E-state index in [9.17, 15) is 4.79 Å². The summed E-state index contributed by atoms with van der Waals surface area (Å²) in [4.78, 5) is 14.4. The number of nitrogens with one attached hydrogen (secondary N) is 1. The second-order valence-electron chi connectivity index (χ2n) is 6.03. The molecule has 2 aliphatic rings. The van der Waals surface area contributed by atoms with E-state index in [0.29, 0.717) is 6.04 Å². The summed E-state index contributed by atoms with van der Waals surface area (Å²) in [5, 5.41) is 13.5. The Balaban J connectivity index is 1.44. The number of amides is 1. The van der Waals surface area contributed by atoms with E-state index < -0.39 is 0 Å². The standard InChI is InChI=1S/C15H19N5OS/c21-13(16-12-5-6-12)11-4-3-9-20(10-11)15-18-17-14(22-15)19-7-1-2-8-19/h1-2,7-8,11-12H,3-6,9-10H2,(H,16,21)/t11-/m0/s1. The molecule has 2 aromatic heterocycles. The average Bonchev–Trinajstić information content (AvgIpc) is 3.05. The van der Waals surface area contributed by atoms with E-state index in [2.05, 4.69) is 20.4 Å². The Kier molecular flexibility index (Phi) is 3.57. The van der Waals surface area contributed by atoms with Crippen molar-refractivity contribution >= 4 is 22.4 Å². The van der Waals surface area contributed by atoms with Crippen molar-refractivity contribution in [3.63, 3.8) is 0 Å². The molecule has 3 heterocycles. The lowest BCUT2D eigenvalue weighted by Gasteiger charge is -2.31. The van der Waals surface area contributed by atoms with E-state index >= 15 is 0 Å². The van der Waals surface area contributed by atoms with Crippen LogP contribution in [0.1, 0.15) is 25.7 Å². The van der Waals surface area contributed by atoms with E-state index in [1.54, 1.807) is 11.3 Å². The number of piperidine rings is 1. The summed E-state index contributed by atoms with van der Waals surface area (Å²) in [6.07, 6.45) is 8.20. The van der Waals surface area contributed by atoms with Crippen LogP contribution in [0.2, 0.25) is 0 Å². The van der Waals surface area contributed by atoms with Crippen LogP contribution in [-0.4, -0.2) is 39.8 Å². The first-order valence-corrected chi connectivity index (χ1v) is 8.63. The third-order valence-corrected chi connectivity index (χ3v) is 5.21. The number of hydrogen-bond donors (Lipinski definition) is 1. The topological polar surface area (TPSA) is 63.1 Å². The number of aromatic nitrogens is 3. The highest BCUT2D eigenvalue weighted by Crippen LogP contribution is 2.28. The molecule has 7 heteroatoms. The van der Waals surface area contributed by atoms with Gasteiger partial charge in [0, 0.05) is 31.5 Å². The molecule has 2 aromatic rings. The van der Waals surface area contributed by atoms with Crippen molar-refractivity contribution in [1.82, 2.24) is 20.1 Å². The highest BCUT2D eigenvalue weighted by atomic mass is 32.1. The Hall–Kier alpha value is -1.89. The number of carbonyl (C=O) groups excluding carboxylic acids is 1. The zero-order valence-corrected chi connectivity index (χ0v) is 13.1. The first-order valence-electron chi connectivity index (χ1n) is 7.82.